The zero-order valence-corrected chi connectivity index (χ0v) is 20.5. The molecular weight excluding hydrogens is 464 g/mol. The molecule has 1 unspecified atom stereocenters. The molecule has 1 atom stereocenters. The second kappa shape index (κ2) is 10.8. The zero-order chi connectivity index (χ0) is 25.1. The molecule has 0 N–H and O–H groups in total. The van der Waals surface area contributed by atoms with Gasteiger partial charge in [-0.25, -0.2) is 13.5 Å². The summed E-state index contributed by atoms with van der Waals surface area (Å²) in [6.07, 6.45) is 5.37. The predicted octanol–water partition coefficient (Wildman–Crippen LogP) is 5.81. The largest absolute Gasteiger partial charge is 0.435 e. The summed E-state index contributed by atoms with van der Waals surface area (Å²) in [5, 5.41) is 4.79. The third-order valence-electron chi connectivity index (χ3n) is 7.02. The van der Waals surface area contributed by atoms with Crippen LogP contribution in [-0.4, -0.2) is 39.8 Å². The van der Waals surface area contributed by atoms with Gasteiger partial charge in [0.1, 0.15) is 5.82 Å². The van der Waals surface area contributed by atoms with E-state index < -0.39 is 11.6 Å². The number of hydrogen-bond acceptors (Lipinski definition) is 4. The Labute approximate surface area is 209 Å². The number of carbonyl (C=O) groups is 1. The number of carbonyl (C=O) groups excluding carboxylic acids is 1. The number of amides is 1. The van der Waals surface area contributed by atoms with Gasteiger partial charge in [-0.15, -0.1) is 0 Å². The molecule has 190 valence electrons. The average molecular weight is 496 g/mol. The van der Waals surface area contributed by atoms with E-state index in [0.29, 0.717) is 25.5 Å². The fraction of sp³-hybridized carbons (Fsp3) is 0.429. The molecule has 0 bridgehead atoms. The monoisotopic (exact) mass is 495 g/mol. The summed E-state index contributed by atoms with van der Waals surface area (Å²) in [6, 6.07) is 12.7. The van der Waals surface area contributed by atoms with Crippen LogP contribution in [-0.2, 0) is 22.5 Å². The summed E-state index contributed by atoms with van der Waals surface area (Å²) in [5.41, 5.74) is 2.22. The molecule has 2 aromatic carbocycles. The number of aryl methyl sites for hydroxylation is 1. The van der Waals surface area contributed by atoms with Crippen LogP contribution in [0.4, 0.5) is 8.78 Å². The first-order valence-corrected chi connectivity index (χ1v) is 12.7. The van der Waals surface area contributed by atoms with Gasteiger partial charge in [-0.3, -0.25) is 4.79 Å². The molecule has 0 radical (unpaired) electrons. The van der Waals surface area contributed by atoms with Gasteiger partial charge in [-0.2, -0.15) is 5.10 Å². The van der Waals surface area contributed by atoms with Gasteiger partial charge >= 0.3 is 0 Å². The minimum atomic E-state index is -0.804. The Morgan fingerprint density at radius 2 is 1.94 bits per heavy atom. The van der Waals surface area contributed by atoms with E-state index >= 15 is 0 Å². The first-order chi connectivity index (χ1) is 17.5. The summed E-state index contributed by atoms with van der Waals surface area (Å²) >= 11 is 0. The van der Waals surface area contributed by atoms with E-state index in [4.69, 9.17) is 14.6 Å². The smallest absolute Gasteiger partial charge is 0.228 e. The number of aromatic nitrogens is 2. The lowest BCUT2D eigenvalue weighted by molar-refractivity contribution is -0.140. The van der Waals surface area contributed by atoms with E-state index in [-0.39, 0.29) is 30.2 Å². The van der Waals surface area contributed by atoms with Crippen LogP contribution in [0.25, 0.3) is 5.69 Å². The van der Waals surface area contributed by atoms with E-state index in [9.17, 15) is 13.6 Å². The Kier molecular flexibility index (Phi) is 7.32. The molecule has 1 saturated carbocycles. The van der Waals surface area contributed by atoms with Crippen molar-refractivity contribution in [2.75, 3.05) is 13.2 Å². The third kappa shape index (κ3) is 5.14. The van der Waals surface area contributed by atoms with Gasteiger partial charge in [-0.1, -0.05) is 31.5 Å². The molecule has 1 amide bonds. The highest BCUT2D eigenvalue weighted by Crippen LogP contribution is 2.35. The maximum absolute atomic E-state index is 14.6. The molecule has 1 aromatic heterocycles. The molecule has 3 aromatic rings. The van der Waals surface area contributed by atoms with Crippen LogP contribution in [0.5, 0.6) is 11.6 Å². The number of rotatable bonds is 9. The summed E-state index contributed by atoms with van der Waals surface area (Å²) < 4.78 is 41.8. The number of nitrogens with zero attached hydrogens (tertiary/aromatic N) is 3. The molecule has 5 rings (SSSR count). The van der Waals surface area contributed by atoms with Gasteiger partial charge in [0.05, 0.1) is 29.6 Å². The highest BCUT2D eigenvalue weighted by atomic mass is 19.1. The van der Waals surface area contributed by atoms with Crippen molar-refractivity contribution in [3.63, 3.8) is 0 Å². The zero-order valence-electron chi connectivity index (χ0n) is 20.5. The van der Waals surface area contributed by atoms with Crippen LogP contribution < -0.4 is 4.74 Å². The van der Waals surface area contributed by atoms with Crippen molar-refractivity contribution in [1.82, 2.24) is 14.7 Å². The third-order valence-corrected chi connectivity index (χ3v) is 7.02. The van der Waals surface area contributed by atoms with Crippen LogP contribution in [0.2, 0.25) is 0 Å². The topological polar surface area (TPSA) is 56.6 Å². The fourth-order valence-corrected chi connectivity index (χ4v) is 4.80. The van der Waals surface area contributed by atoms with Crippen LogP contribution >= 0.6 is 0 Å². The number of halogens is 2. The van der Waals surface area contributed by atoms with Crippen LogP contribution in [0.15, 0.2) is 48.5 Å². The van der Waals surface area contributed by atoms with Gasteiger partial charge in [0.25, 0.3) is 0 Å². The van der Waals surface area contributed by atoms with Gasteiger partial charge in [0.2, 0.25) is 11.8 Å². The molecule has 8 heteroatoms. The normalized spacial score (nSPS) is 17.7. The molecule has 6 nitrogen and oxygen atoms in total. The van der Waals surface area contributed by atoms with Crippen LogP contribution in [0.3, 0.4) is 0 Å². The Balaban J connectivity index is 1.55. The number of benzene rings is 2. The lowest BCUT2D eigenvalue weighted by Gasteiger charge is -2.33. The molecule has 1 aliphatic heterocycles. The van der Waals surface area contributed by atoms with Gasteiger partial charge in [-0.05, 0) is 56.4 Å². The fourth-order valence-electron chi connectivity index (χ4n) is 4.80. The van der Waals surface area contributed by atoms with Crippen LogP contribution in [0.1, 0.15) is 50.3 Å². The summed E-state index contributed by atoms with van der Waals surface area (Å²) in [7, 11) is 0. The van der Waals surface area contributed by atoms with E-state index in [1.165, 1.54) is 6.07 Å². The minimum absolute atomic E-state index is 0.00202. The molecule has 2 fully saturated rings. The maximum atomic E-state index is 14.6. The van der Waals surface area contributed by atoms with Crippen molar-refractivity contribution in [1.29, 1.82) is 0 Å². The summed E-state index contributed by atoms with van der Waals surface area (Å²) in [4.78, 5) is 15.3. The molecule has 1 saturated heterocycles. The standard InChI is InChI=1S/C28H31F2N3O3/c1-2-25-23(18-32(17-22-12-7-15-35-22)27(34)19-8-6-9-19)28(33(31-25)21-10-4-3-5-11-21)36-26-14-13-20(29)16-24(26)30/h3-5,10-11,13-14,16,19,22H,2,6-9,12,15,17-18H2,1H3. The summed E-state index contributed by atoms with van der Waals surface area (Å²) in [5.74, 6) is -1.12. The molecule has 2 aliphatic rings. The molecule has 1 aliphatic carbocycles. The van der Waals surface area contributed by atoms with Crippen molar-refractivity contribution in [2.45, 2.75) is 58.1 Å². The molecule has 36 heavy (non-hydrogen) atoms. The lowest BCUT2D eigenvalue weighted by Crippen LogP contribution is -2.42. The molecular formula is C28H31F2N3O3. The highest BCUT2D eigenvalue weighted by molar-refractivity contribution is 5.79. The van der Waals surface area contributed by atoms with E-state index in [0.717, 1.165) is 61.2 Å². The lowest BCUT2D eigenvalue weighted by atomic mass is 9.84. The Bertz CT molecular complexity index is 1200. The first kappa shape index (κ1) is 24.4. The van der Waals surface area contributed by atoms with Crippen molar-refractivity contribution in [3.8, 4) is 17.3 Å². The van der Waals surface area contributed by atoms with Crippen molar-refractivity contribution < 1.29 is 23.0 Å². The SMILES string of the molecule is CCc1nn(-c2ccccc2)c(Oc2ccc(F)cc2F)c1CN(CC1CCCO1)C(=O)C1CCC1. The minimum Gasteiger partial charge on any atom is -0.435 e. The maximum Gasteiger partial charge on any atom is 0.228 e. The molecule has 0 spiro atoms. The summed E-state index contributed by atoms with van der Waals surface area (Å²) in [6.45, 7) is 3.48. The second-order valence-corrected chi connectivity index (χ2v) is 9.49. The van der Waals surface area contributed by atoms with Gasteiger partial charge in [0, 0.05) is 25.1 Å². The first-order valence-electron chi connectivity index (χ1n) is 12.7. The van der Waals surface area contributed by atoms with E-state index in [1.54, 1.807) is 4.68 Å². The number of hydrogen-bond donors (Lipinski definition) is 0. The Morgan fingerprint density at radius 1 is 1.14 bits per heavy atom. The second-order valence-electron chi connectivity index (χ2n) is 9.49. The number of para-hydroxylation sites is 1. The Hall–Kier alpha value is -3.26. The predicted molar refractivity (Wildman–Crippen MR) is 131 cm³/mol. The van der Waals surface area contributed by atoms with Crippen molar-refractivity contribution in [2.24, 2.45) is 5.92 Å². The van der Waals surface area contributed by atoms with E-state index in [2.05, 4.69) is 0 Å². The van der Waals surface area contributed by atoms with Gasteiger partial charge in [0.15, 0.2) is 11.6 Å². The van der Waals surface area contributed by atoms with E-state index in [1.807, 2.05) is 42.2 Å². The quantitative estimate of drug-likeness (QED) is 0.376. The van der Waals surface area contributed by atoms with Crippen molar-refractivity contribution >= 4 is 5.91 Å². The molecule has 2 heterocycles. The highest BCUT2D eigenvalue weighted by Gasteiger charge is 2.33. The van der Waals surface area contributed by atoms with Crippen LogP contribution in [0, 0.1) is 17.6 Å². The number of ether oxygens (including phenoxy) is 2. The van der Waals surface area contributed by atoms with Gasteiger partial charge < -0.3 is 14.4 Å². The Morgan fingerprint density at radius 3 is 2.58 bits per heavy atom. The average Bonchev–Trinajstić information content (AvgIpc) is 3.48. The van der Waals surface area contributed by atoms with Crippen molar-refractivity contribution in [3.05, 3.63) is 71.4 Å².